The molecule has 0 radical (unpaired) electrons. The fraction of sp³-hybridized carbons (Fsp3) is 0.500. The summed E-state index contributed by atoms with van der Waals surface area (Å²) in [4.78, 5) is 25.5. The van der Waals surface area contributed by atoms with Crippen molar-refractivity contribution in [2.75, 3.05) is 19.0 Å². The Bertz CT molecular complexity index is 787. The molecule has 2 atom stereocenters. The topological polar surface area (TPSA) is 89.5 Å². The number of carbonyl (C=O) groups is 1. The van der Waals surface area contributed by atoms with Crippen molar-refractivity contribution in [3.05, 3.63) is 23.2 Å². The fourth-order valence-corrected chi connectivity index (χ4v) is 3.75. The summed E-state index contributed by atoms with van der Waals surface area (Å²) < 4.78 is 25.0. The molecule has 8 nitrogen and oxygen atoms in total. The van der Waals surface area contributed by atoms with E-state index in [1.165, 1.54) is 20.4 Å². The normalized spacial score (nSPS) is 20.2. The zero-order valence-electron chi connectivity index (χ0n) is 14.7. The Morgan fingerprint density at radius 1 is 1.46 bits per heavy atom. The predicted molar refractivity (Wildman–Crippen MR) is 93.9 cm³/mol. The molecule has 10 heteroatoms. The number of hydrogen-bond donors (Lipinski definition) is 1. The van der Waals surface area contributed by atoms with Crippen molar-refractivity contribution in [3.8, 4) is 11.8 Å². The SMILES string of the molecule is COc1cc(OC2CC(C)N(Cc3sc(NC(C)=O)nc3F)C2)ncn1. The number of nitrogens with one attached hydrogen (secondary N) is 1. The molecule has 0 saturated carbocycles. The van der Waals surface area contributed by atoms with Crippen molar-refractivity contribution in [2.45, 2.75) is 39.0 Å². The van der Waals surface area contributed by atoms with E-state index < -0.39 is 5.95 Å². The lowest BCUT2D eigenvalue weighted by Gasteiger charge is -2.19. The summed E-state index contributed by atoms with van der Waals surface area (Å²) in [5.74, 6) is 0.0763. The van der Waals surface area contributed by atoms with Gasteiger partial charge in [-0.1, -0.05) is 11.3 Å². The lowest BCUT2D eigenvalue weighted by Crippen LogP contribution is -2.28. The Morgan fingerprint density at radius 2 is 2.23 bits per heavy atom. The smallest absolute Gasteiger partial charge is 0.230 e. The summed E-state index contributed by atoms with van der Waals surface area (Å²) in [6.07, 6.45) is 2.13. The van der Waals surface area contributed by atoms with E-state index in [1.807, 2.05) is 0 Å². The van der Waals surface area contributed by atoms with Crippen LogP contribution in [0.25, 0.3) is 0 Å². The Balaban J connectivity index is 1.62. The van der Waals surface area contributed by atoms with Gasteiger partial charge < -0.3 is 14.8 Å². The van der Waals surface area contributed by atoms with Crippen LogP contribution in [0.1, 0.15) is 25.1 Å². The Kier molecular flexibility index (Phi) is 5.62. The third-order valence-corrected chi connectivity index (χ3v) is 4.99. The number of rotatable bonds is 6. The second-order valence-corrected chi connectivity index (χ2v) is 7.15. The number of nitrogens with zero attached hydrogens (tertiary/aromatic N) is 4. The third-order valence-electron chi connectivity index (χ3n) is 4.06. The van der Waals surface area contributed by atoms with Gasteiger partial charge in [-0.05, 0) is 6.92 Å². The first-order valence-corrected chi connectivity index (χ1v) is 8.95. The number of likely N-dealkylation sites (tertiary alicyclic amines) is 1. The number of carbonyl (C=O) groups excluding carboxylic acids is 1. The molecule has 0 spiro atoms. The van der Waals surface area contributed by atoms with Gasteiger partial charge in [0, 0.05) is 32.5 Å². The molecule has 0 aromatic carbocycles. The van der Waals surface area contributed by atoms with E-state index in [-0.39, 0.29) is 23.2 Å². The number of halogens is 1. The average Bonchev–Trinajstić information content (AvgIpc) is 3.09. The molecular weight excluding hydrogens is 361 g/mol. The van der Waals surface area contributed by atoms with E-state index in [0.717, 1.165) is 17.8 Å². The number of anilines is 1. The van der Waals surface area contributed by atoms with Crippen LogP contribution < -0.4 is 14.8 Å². The highest BCUT2D eigenvalue weighted by Crippen LogP contribution is 2.28. The standard InChI is InChI=1S/C16H20FN5O3S/c1-9-4-11(25-14-5-13(24-3)18-8-19-14)6-22(9)7-12-15(17)21-16(26-12)20-10(2)23/h5,8-9,11H,4,6-7H2,1-3H3,(H,20,21,23). The quantitative estimate of drug-likeness (QED) is 0.819. The van der Waals surface area contributed by atoms with Crippen LogP contribution in [0.15, 0.2) is 12.4 Å². The van der Waals surface area contributed by atoms with Crippen LogP contribution in [-0.4, -0.2) is 51.6 Å². The van der Waals surface area contributed by atoms with Gasteiger partial charge in [-0.2, -0.15) is 9.37 Å². The van der Waals surface area contributed by atoms with Gasteiger partial charge in [0.1, 0.15) is 12.4 Å². The van der Waals surface area contributed by atoms with Crippen molar-refractivity contribution in [1.82, 2.24) is 19.9 Å². The van der Waals surface area contributed by atoms with Gasteiger partial charge in [0.15, 0.2) is 5.13 Å². The molecule has 1 N–H and O–H groups in total. The van der Waals surface area contributed by atoms with Crippen LogP contribution in [0.5, 0.6) is 11.8 Å². The Morgan fingerprint density at radius 3 is 2.96 bits per heavy atom. The van der Waals surface area contributed by atoms with Crippen LogP contribution in [0.3, 0.4) is 0 Å². The first-order chi connectivity index (χ1) is 12.4. The number of amides is 1. The lowest BCUT2D eigenvalue weighted by atomic mass is 10.2. The van der Waals surface area contributed by atoms with E-state index in [4.69, 9.17) is 9.47 Å². The van der Waals surface area contributed by atoms with E-state index in [0.29, 0.717) is 29.7 Å². The van der Waals surface area contributed by atoms with Crippen molar-refractivity contribution in [1.29, 1.82) is 0 Å². The number of methoxy groups -OCH3 is 1. The summed E-state index contributed by atoms with van der Waals surface area (Å²) in [6, 6.07) is 1.85. The zero-order valence-corrected chi connectivity index (χ0v) is 15.5. The molecule has 3 heterocycles. The molecule has 1 aliphatic rings. The molecular formula is C16H20FN5O3S. The molecule has 1 fully saturated rings. The maximum absolute atomic E-state index is 14.0. The molecule has 1 amide bonds. The molecule has 26 heavy (non-hydrogen) atoms. The molecule has 0 aliphatic carbocycles. The van der Waals surface area contributed by atoms with Gasteiger partial charge in [0.05, 0.1) is 18.1 Å². The number of hydrogen-bond acceptors (Lipinski definition) is 8. The molecule has 140 valence electrons. The highest BCUT2D eigenvalue weighted by atomic mass is 32.1. The minimum atomic E-state index is -0.546. The molecule has 0 bridgehead atoms. The average molecular weight is 381 g/mol. The highest BCUT2D eigenvalue weighted by Gasteiger charge is 2.32. The maximum atomic E-state index is 14.0. The first kappa shape index (κ1) is 18.5. The van der Waals surface area contributed by atoms with Gasteiger partial charge in [-0.15, -0.1) is 0 Å². The summed E-state index contributed by atoms with van der Waals surface area (Å²) in [5.41, 5.74) is 0. The van der Waals surface area contributed by atoms with Crippen molar-refractivity contribution in [2.24, 2.45) is 0 Å². The first-order valence-electron chi connectivity index (χ1n) is 8.14. The Labute approximate surface area is 154 Å². The second kappa shape index (κ2) is 7.92. The van der Waals surface area contributed by atoms with Crippen LogP contribution >= 0.6 is 11.3 Å². The van der Waals surface area contributed by atoms with E-state index in [9.17, 15) is 9.18 Å². The largest absolute Gasteiger partial charge is 0.481 e. The van der Waals surface area contributed by atoms with Gasteiger partial charge in [-0.3, -0.25) is 9.69 Å². The van der Waals surface area contributed by atoms with Crippen molar-refractivity contribution >= 4 is 22.4 Å². The zero-order chi connectivity index (χ0) is 18.7. The van der Waals surface area contributed by atoms with E-state index in [2.05, 4.69) is 32.1 Å². The molecule has 2 unspecified atom stereocenters. The van der Waals surface area contributed by atoms with E-state index >= 15 is 0 Å². The van der Waals surface area contributed by atoms with Crippen molar-refractivity contribution < 1.29 is 18.7 Å². The van der Waals surface area contributed by atoms with Gasteiger partial charge in [-0.25, -0.2) is 9.97 Å². The molecule has 3 rings (SSSR count). The monoisotopic (exact) mass is 381 g/mol. The molecule has 2 aromatic heterocycles. The van der Waals surface area contributed by atoms with Crippen LogP contribution in [0.4, 0.5) is 9.52 Å². The van der Waals surface area contributed by atoms with Gasteiger partial charge in [0.2, 0.25) is 23.6 Å². The number of ether oxygens (including phenoxy) is 2. The predicted octanol–water partition coefficient (Wildman–Crippen LogP) is 2.08. The van der Waals surface area contributed by atoms with Gasteiger partial charge >= 0.3 is 0 Å². The summed E-state index contributed by atoms with van der Waals surface area (Å²) >= 11 is 1.15. The second-order valence-electron chi connectivity index (χ2n) is 6.07. The van der Waals surface area contributed by atoms with E-state index in [1.54, 1.807) is 6.07 Å². The number of aromatic nitrogens is 3. The van der Waals surface area contributed by atoms with Crippen LogP contribution in [0.2, 0.25) is 0 Å². The lowest BCUT2D eigenvalue weighted by molar-refractivity contribution is -0.114. The molecule has 1 saturated heterocycles. The maximum Gasteiger partial charge on any atom is 0.230 e. The van der Waals surface area contributed by atoms with Crippen LogP contribution in [-0.2, 0) is 11.3 Å². The Hall–Kier alpha value is -2.33. The minimum Gasteiger partial charge on any atom is -0.481 e. The van der Waals surface area contributed by atoms with Crippen LogP contribution in [0, 0.1) is 5.95 Å². The number of thiazole rings is 1. The third kappa shape index (κ3) is 4.44. The minimum absolute atomic E-state index is 0.0598. The summed E-state index contributed by atoms with van der Waals surface area (Å²) in [5, 5.41) is 2.79. The summed E-state index contributed by atoms with van der Waals surface area (Å²) in [7, 11) is 1.53. The fourth-order valence-electron chi connectivity index (χ4n) is 2.84. The highest BCUT2D eigenvalue weighted by molar-refractivity contribution is 7.15. The summed E-state index contributed by atoms with van der Waals surface area (Å²) in [6.45, 7) is 4.49. The molecule has 1 aliphatic heterocycles. The van der Waals surface area contributed by atoms with Gasteiger partial charge in [0.25, 0.3) is 0 Å². The molecule has 2 aromatic rings. The van der Waals surface area contributed by atoms with Crippen molar-refractivity contribution in [3.63, 3.8) is 0 Å².